The van der Waals surface area contributed by atoms with Crippen LogP contribution in [-0.4, -0.2) is 17.6 Å². The molecule has 3 nitrogen and oxygen atoms in total. The van der Waals surface area contributed by atoms with E-state index in [4.69, 9.17) is 0 Å². The molecule has 0 heterocycles. The molecule has 84 valence electrons. The maximum atomic E-state index is 10.6. The summed E-state index contributed by atoms with van der Waals surface area (Å²) in [7, 11) is 0. The topological polar surface area (TPSA) is 49.3 Å². The molecular formula is C13H15NO2. The summed E-state index contributed by atoms with van der Waals surface area (Å²) < 4.78 is 0. The summed E-state index contributed by atoms with van der Waals surface area (Å²) in [6.45, 7) is 3.86. The molecule has 0 aliphatic rings. The van der Waals surface area contributed by atoms with Gasteiger partial charge in [0.1, 0.15) is 5.75 Å². The number of benzene rings is 1. The van der Waals surface area contributed by atoms with Crippen molar-refractivity contribution >= 4 is 5.91 Å². The van der Waals surface area contributed by atoms with Gasteiger partial charge in [-0.25, -0.2) is 0 Å². The van der Waals surface area contributed by atoms with E-state index in [1.54, 1.807) is 12.1 Å². The van der Waals surface area contributed by atoms with Gasteiger partial charge in [-0.1, -0.05) is 17.9 Å². The van der Waals surface area contributed by atoms with Crippen molar-refractivity contribution in [1.29, 1.82) is 0 Å². The third kappa shape index (κ3) is 3.66. The highest BCUT2D eigenvalue weighted by Gasteiger charge is 1.98. The van der Waals surface area contributed by atoms with Gasteiger partial charge in [-0.05, 0) is 19.1 Å². The molecule has 2 N–H and O–H groups in total. The molecule has 1 rings (SSSR count). The van der Waals surface area contributed by atoms with Crippen LogP contribution in [0, 0.1) is 18.8 Å². The molecule has 0 fully saturated rings. The molecule has 0 saturated heterocycles. The lowest BCUT2D eigenvalue weighted by molar-refractivity contribution is -0.118. The highest BCUT2D eigenvalue weighted by atomic mass is 16.3. The first-order chi connectivity index (χ1) is 7.61. The van der Waals surface area contributed by atoms with Crippen LogP contribution in [0.5, 0.6) is 5.75 Å². The molecular weight excluding hydrogens is 202 g/mol. The molecule has 0 aliphatic carbocycles. The third-order valence-corrected chi connectivity index (χ3v) is 2.15. The molecule has 0 saturated carbocycles. The largest absolute Gasteiger partial charge is 0.508 e. The van der Waals surface area contributed by atoms with Crippen molar-refractivity contribution in [3.05, 3.63) is 29.3 Å². The van der Waals surface area contributed by atoms with E-state index in [2.05, 4.69) is 17.2 Å². The van der Waals surface area contributed by atoms with E-state index < -0.39 is 0 Å². The molecule has 0 aromatic heterocycles. The maximum absolute atomic E-state index is 10.6. The van der Waals surface area contributed by atoms with E-state index in [0.29, 0.717) is 13.0 Å². The highest BCUT2D eigenvalue weighted by molar-refractivity contribution is 5.72. The van der Waals surface area contributed by atoms with Crippen LogP contribution in [0.15, 0.2) is 18.2 Å². The maximum Gasteiger partial charge on any atom is 0.216 e. The molecule has 1 amide bonds. The first kappa shape index (κ1) is 12.1. The second-order valence-electron chi connectivity index (χ2n) is 3.48. The molecule has 0 radical (unpaired) electrons. The van der Waals surface area contributed by atoms with E-state index in [-0.39, 0.29) is 11.7 Å². The minimum Gasteiger partial charge on any atom is -0.508 e. The van der Waals surface area contributed by atoms with Crippen LogP contribution < -0.4 is 5.32 Å². The molecule has 3 heteroatoms. The van der Waals surface area contributed by atoms with Crippen LogP contribution in [0.4, 0.5) is 0 Å². The van der Waals surface area contributed by atoms with Gasteiger partial charge in [0.15, 0.2) is 0 Å². The first-order valence-electron chi connectivity index (χ1n) is 5.13. The molecule has 0 aliphatic heterocycles. The average molecular weight is 217 g/mol. The Labute approximate surface area is 95.5 Å². The second-order valence-corrected chi connectivity index (χ2v) is 3.48. The van der Waals surface area contributed by atoms with Gasteiger partial charge in [0.25, 0.3) is 0 Å². The smallest absolute Gasteiger partial charge is 0.216 e. The third-order valence-electron chi connectivity index (χ3n) is 2.15. The fourth-order valence-corrected chi connectivity index (χ4v) is 1.22. The zero-order valence-corrected chi connectivity index (χ0v) is 9.50. The zero-order valence-electron chi connectivity index (χ0n) is 9.50. The van der Waals surface area contributed by atoms with Crippen LogP contribution in [0.1, 0.15) is 24.5 Å². The lowest BCUT2D eigenvalue weighted by Crippen LogP contribution is -2.20. The summed E-state index contributed by atoms with van der Waals surface area (Å²) in [5.41, 5.74) is 1.61. The first-order valence-corrected chi connectivity index (χ1v) is 5.13. The van der Waals surface area contributed by atoms with Crippen molar-refractivity contribution < 1.29 is 9.90 Å². The number of hydrogen-bond acceptors (Lipinski definition) is 2. The monoisotopic (exact) mass is 217 g/mol. The van der Waals surface area contributed by atoms with Crippen molar-refractivity contribution in [2.45, 2.75) is 20.3 Å². The molecule has 1 aromatic carbocycles. The van der Waals surface area contributed by atoms with Gasteiger partial charge >= 0.3 is 0 Å². The van der Waals surface area contributed by atoms with Crippen molar-refractivity contribution in [2.24, 2.45) is 0 Å². The lowest BCUT2D eigenvalue weighted by Gasteiger charge is -2.00. The summed E-state index contributed by atoms with van der Waals surface area (Å²) in [5.74, 6) is 6.13. The number of phenols is 1. The standard InChI is InChI=1S/C13H15NO2/c1-10-12(7-5-8-13(10)16)6-3-4-9-14-11(2)15/h5,7-8,16H,4,9H2,1-2H3,(H,14,15). The molecule has 1 aromatic rings. The Morgan fingerprint density at radius 2 is 2.25 bits per heavy atom. The number of carbonyl (C=O) groups is 1. The van der Waals surface area contributed by atoms with Gasteiger partial charge in [0, 0.05) is 31.0 Å². The van der Waals surface area contributed by atoms with Gasteiger partial charge in [0.2, 0.25) is 5.91 Å². The summed E-state index contributed by atoms with van der Waals surface area (Å²) >= 11 is 0. The van der Waals surface area contributed by atoms with E-state index in [1.165, 1.54) is 6.92 Å². The Kier molecular flexibility index (Phi) is 4.41. The highest BCUT2D eigenvalue weighted by Crippen LogP contribution is 2.18. The Hall–Kier alpha value is -1.95. The normalized spacial score (nSPS) is 9.12. The van der Waals surface area contributed by atoms with Gasteiger partial charge in [-0.15, -0.1) is 0 Å². The predicted octanol–water partition coefficient (Wildman–Crippen LogP) is 1.58. The fourth-order valence-electron chi connectivity index (χ4n) is 1.22. The van der Waals surface area contributed by atoms with Crippen molar-refractivity contribution in [3.8, 4) is 17.6 Å². The number of amides is 1. The summed E-state index contributed by atoms with van der Waals surface area (Å²) in [5, 5.41) is 12.1. The van der Waals surface area contributed by atoms with Crippen LogP contribution in [0.3, 0.4) is 0 Å². The van der Waals surface area contributed by atoms with Gasteiger partial charge in [-0.3, -0.25) is 4.79 Å². The average Bonchev–Trinajstić information content (AvgIpc) is 2.23. The lowest BCUT2D eigenvalue weighted by atomic mass is 10.1. The van der Waals surface area contributed by atoms with Crippen LogP contribution in [0.2, 0.25) is 0 Å². The number of carbonyl (C=O) groups excluding carboxylic acids is 1. The fraction of sp³-hybridized carbons (Fsp3) is 0.308. The van der Waals surface area contributed by atoms with E-state index in [9.17, 15) is 9.90 Å². The summed E-state index contributed by atoms with van der Waals surface area (Å²) in [6.07, 6.45) is 0.606. The SMILES string of the molecule is CC(=O)NCCC#Cc1cccc(O)c1C. The number of hydrogen-bond donors (Lipinski definition) is 2. The minimum absolute atomic E-state index is 0.0460. The number of rotatable bonds is 2. The number of nitrogens with one attached hydrogen (secondary N) is 1. The van der Waals surface area contributed by atoms with Crippen molar-refractivity contribution in [1.82, 2.24) is 5.32 Å². The zero-order chi connectivity index (χ0) is 12.0. The summed E-state index contributed by atoms with van der Waals surface area (Å²) in [6, 6.07) is 5.26. The molecule has 0 bridgehead atoms. The minimum atomic E-state index is -0.0460. The van der Waals surface area contributed by atoms with Crippen LogP contribution in [0.25, 0.3) is 0 Å². The Morgan fingerprint density at radius 1 is 1.50 bits per heavy atom. The van der Waals surface area contributed by atoms with Crippen molar-refractivity contribution in [2.75, 3.05) is 6.54 Å². The number of phenolic OH excluding ortho intramolecular Hbond substituents is 1. The van der Waals surface area contributed by atoms with Gasteiger partial charge in [-0.2, -0.15) is 0 Å². The molecule has 0 spiro atoms. The van der Waals surface area contributed by atoms with E-state index in [0.717, 1.165) is 11.1 Å². The Balaban J connectivity index is 2.56. The Bertz CT molecular complexity index is 441. The quantitative estimate of drug-likeness (QED) is 0.583. The molecule has 0 unspecified atom stereocenters. The molecule has 0 atom stereocenters. The van der Waals surface area contributed by atoms with Gasteiger partial charge < -0.3 is 10.4 Å². The van der Waals surface area contributed by atoms with Crippen LogP contribution >= 0.6 is 0 Å². The molecule has 16 heavy (non-hydrogen) atoms. The van der Waals surface area contributed by atoms with Gasteiger partial charge in [0.05, 0.1) is 0 Å². The van der Waals surface area contributed by atoms with Crippen molar-refractivity contribution in [3.63, 3.8) is 0 Å². The summed E-state index contributed by atoms with van der Waals surface area (Å²) in [4.78, 5) is 10.6. The number of aromatic hydroxyl groups is 1. The predicted molar refractivity (Wildman–Crippen MR) is 63.0 cm³/mol. The van der Waals surface area contributed by atoms with Crippen LogP contribution in [-0.2, 0) is 4.79 Å². The second kappa shape index (κ2) is 5.82. The van der Waals surface area contributed by atoms with E-state index in [1.807, 2.05) is 13.0 Å². The Morgan fingerprint density at radius 3 is 2.94 bits per heavy atom. The van der Waals surface area contributed by atoms with E-state index >= 15 is 0 Å².